The van der Waals surface area contributed by atoms with Crippen LogP contribution in [0.5, 0.6) is 0 Å². The summed E-state index contributed by atoms with van der Waals surface area (Å²) in [6.07, 6.45) is 5.09. The molecule has 3 aromatic heterocycles. The first-order chi connectivity index (χ1) is 14.7. The number of hydrogen-bond donors (Lipinski definition) is 0. The van der Waals surface area contributed by atoms with E-state index in [1.807, 2.05) is 34.0 Å². The second kappa shape index (κ2) is 7.29. The molecular formula is C28H35BrS3. The number of rotatable bonds is 2. The van der Waals surface area contributed by atoms with Crippen molar-refractivity contribution < 1.29 is 0 Å². The van der Waals surface area contributed by atoms with E-state index >= 15 is 0 Å². The summed E-state index contributed by atoms with van der Waals surface area (Å²) >= 11 is 9.97. The van der Waals surface area contributed by atoms with Gasteiger partial charge in [0.1, 0.15) is 0 Å². The topological polar surface area (TPSA) is 0 Å². The van der Waals surface area contributed by atoms with E-state index in [1.54, 1.807) is 20.9 Å². The quantitative estimate of drug-likeness (QED) is 0.299. The first-order valence-electron chi connectivity index (χ1n) is 11.8. The van der Waals surface area contributed by atoms with Gasteiger partial charge in [0, 0.05) is 28.9 Å². The van der Waals surface area contributed by atoms with Gasteiger partial charge in [-0.05, 0) is 92.6 Å². The van der Waals surface area contributed by atoms with Crippen LogP contribution in [0, 0.1) is 0 Å². The highest BCUT2D eigenvalue weighted by atomic mass is 79.9. The summed E-state index contributed by atoms with van der Waals surface area (Å²) < 4.78 is 1.25. The molecule has 2 aliphatic rings. The molecule has 5 rings (SSSR count). The van der Waals surface area contributed by atoms with Gasteiger partial charge in [-0.3, -0.25) is 0 Å². The lowest BCUT2D eigenvalue weighted by molar-refractivity contribution is 0.339. The van der Waals surface area contributed by atoms with Crippen molar-refractivity contribution in [2.75, 3.05) is 0 Å². The number of thiophene rings is 3. The third kappa shape index (κ3) is 3.63. The van der Waals surface area contributed by atoms with Gasteiger partial charge in [-0.15, -0.1) is 34.0 Å². The lowest BCUT2D eigenvalue weighted by Crippen LogP contribution is -2.31. The van der Waals surface area contributed by atoms with Crippen LogP contribution in [0.15, 0.2) is 22.7 Å². The highest BCUT2D eigenvalue weighted by molar-refractivity contribution is 9.10. The summed E-state index contributed by atoms with van der Waals surface area (Å²) in [4.78, 5) is 8.88. The Balaban J connectivity index is 1.59. The molecule has 0 amide bonds. The fourth-order valence-electron chi connectivity index (χ4n) is 5.43. The highest BCUT2D eigenvalue weighted by Gasteiger charge is 2.40. The molecule has 0 fully saturated rings. The van der Waals surface area contributed by atoms with E-state index < -0.39 is 0 Å². The number of hydrogen-bond acceptors (Lipinski definition) is 3. The summed E-state index contributed by atoms with van der Waals surface area (Å²) in [5, 5.41) is 0. The van der Waals surface area contributed by atoms with Gasteiger partial charge in [0.2, 0.25) is 0 Å². The van der Waals surface area contributed by atoms with Crippen LogP contribution < -0.4 is 0 Å². The zero-order valence-electron chi connectivity index (χ0n) is 20.7. The van der Waals surface area contributed by atoms with Crippen LogP contribution in [-0.2, 0) is 21.7 Å². The molecule has 0 radical (unpaired) electrons. The maximum absolute atomic E-state index is 3.94. The molecule has 0 atom stereocenters. The molecule has 3 aromatic rings. The second-order valence-electron chi connectivity index (χ2n) is 12.5. The van der Waals surface area contributed by atoms with Gasteiger partial charge in [0.15, 0.2) is 0 Å². The zero-order chi connectivity index (χ0) is 23.3. The van der Waals surface area contributed by atoms with Crippen LogP contribution in [0.1, 0.15) is 102 Å². The smallest absolute Gasteiger partial charge is 0.0591 e. The molecule has 172 valence electrons. The van der Waals surface area contributed by atoms with Crippen molar-refractivity contribution in [2.45, 2.75) is 103 Å². The predicted molar refractivity (Wildman–Crippen MR) is 149 cm³/mol. The van der Waals surface area contributed by atoms with E-state index in [9.17, 15) is 0 Å². The standard InChI is InChI=1S/C28H35BrS3/c1-25(2)9-11-27(5,6)23-16(25)13-19(31-23)20-15-18(29)22(30-20)21-14-17-24(32-21)28(7,8)12-10-26(17,3)4/h13-15H,9-12H2,1-8H3. The Morgan fingerprint density at radius 2 is 0.969 bits per heavy atom. The maximum Gasteiger partial charge on any atom is 0.0591 e. The molecule has 0 saturated heterocycles. The molecule has 3 heterocycles. The molecule has 0 bridgehead atoms. The largest absolute Gasteiger partial charge is 0.139 e. The normalized spacial score (nSPS) is 22.4. The Morgan fingerprint density at radius 1 is 0.562 bits per heavy atom. The maximum atomic E-state index is 3.94. The molecule has 0 saturated carbocycles. The minimum atomic E-state index is 0.274. The zero-order valence-corrected chi connectivity index (χ0v) is 24.7. The Morgan fingerprint density at radius 3 is 1.47 bits per heavy atom. The summed E-state index contributed by atoms with van der Waals surface area (Å²) in [5.74, 6) is 0. The van der Waals surface area contributed by atoms with Gasteiger partial charge < -0.3 is 0 Å². The lowest BCUT2D eigenvalue weighted by Gasteiger charge is -2.39. The van der Waals surface area contributed by atoms with Crippen LogP contribution in [-0.4, -0.2) is 0 Å². The van der Waals surface area contributed by atoms with Crippen LogP contribution in [0.4, 0.5) is 0 Å². The van der Waals surface area contributed by atoms with Crippen molar-refractivity contribution in [3.63, 3.8) is 0 Å². The summed E-state index contributed by atoms with van der Waals surface area (Å²) in [5.41, 5.74) is 4.27. The Bertz CT molecular complexity index is 1130. The summed E-state index contributed by atoms with van der Waals surface area (Å²) in [6.45, 7) is 19.4. The van der Waals surface area contributed by atoms with E-state index in [-0.39, 0.29) is 21.7 Å². The van der Waals surface area contributed by atoms with Gasteiger partial charge in [0.05, 0.1) is 4.88 Å². The molecule has 0 aromatic carbocycles. The van der Waals surface area contributed by atoms with E-state index in [0.717, 1.165) is 0 Å². The Labute approximate surface area is 214 Å². The molecule has 4 heteroatoms. The molecular weight excluding hydrogens is 512 g/mol. The average Bonchev–Trinajstić information content (AvgIpc) is 3.40. The summed E-state index contributed by atoms with van der Waals surface area (Å²) in [7, 11) is 0. The molecule has 2 aliphatic carbocycles. The average molecular weight is 548 g/mol. The van der Waals surface area contributed by atoms with Crippen molar-refractivity contribution >= 4 is 49.9 Å². The molecule has 0 nitrogen and oxygen atoms in total. The van der Waals surface area contributed by atoms with Crippen LogP contribution in [0.25, 0.3) is 19.5 Å². The van der Waals surface area contributed by atoms with Crippen molar-refractivity contribution in [1.82, 2.24) is 0 Å². The third-order valence-corrected chi connectivity index (χ3v) is 13.5. The SMILES string of the molecule is CC1(C)CCC(C)(C)c2sc(-c3cc(Br)c(-c4cc5c(s4)C(C)(C)CCC5(C)C)s3)cc21. The van der Waals surface area contributed by atoms with E-state index in [1.165, 1.54) is 49.7 Å². The van der Waals surface area contributed by atoms with Gasteiger partial charge >= 0.3 is 0 Å². The van der Waals surface area contributed by atoms with Crippen LogP contribution in [0.3, 0.4) is 0 Å². The number of halogens is 1. The molecule has 0 spiro atoms. The van der Waals surface area contributed by atoms with E-state index in [4.69, 9.17) is 0 Å². The first-order valence-corrected chi connectivity index (χ1v) is 15.1. The Hall–Kier alpha value is -0.420. The first kappa shape index (κ1) is 23.3. The van der Waals surface area contributed by atoms with Gasteiger partial charge in [-0.1, -0.05) is 55.4 Å². The van der Waals surface area contributed by atoms with E-state index in [0.29, 0.717) is 0 Å². The highest BCUT2D eigenvalue weighted by Crippen LogP contribution is 2.55. The second-order valence-corrected chi connectivity index (χ2v) is 16.5. The van der Waals surface area contributed by atoms with Crippen molar-refractivity contribution in [1.29, 1.82) is 0 Å². The minimum absolute atomic E-state index is 0.274. The number of fused-ring (bicyclic) bond motifs is 2. The van der Waals surface area contributed by atoms with Crippen molar-refractivity contribution in [3.8, 4) is 19.5 Å². The van der Waals surface area contributed by atoms with Crippen LogP contribution >= 0.6 is 49.9 Å². The Kier molecular flexibility index (Phi) is 5.31. The fourth-order valence-corrected chi connectivity index (χ4v) is 10.6. The molecule has 0 N–H and O–H groups in total. The van der Waals surface area contributed by atoms with Gasteiger partial charge in [0.25, 0.3) is 0 Å². The van der Waals surface area contributed by atoms with Gasteiger partial charge in [-0.25, -0.2) is 0 Å². The monoisotopic (exact) mass is 546 g/mol. The third-order valence-electron chi connectivity index (χ3n) is 8.06. The lowest BCUT2D eigenvalue weighted by atomic mass is 9.67. The summed E-state index contributed by atoms with van der Waals surface area (Å²) in [6, 6.07) is 7.38. The van der Waals surface area contributed by atoms with Crippen molar-refractivity contribution in [2.24, 2.45) is 0 Å². The molecule has 0 unspecified atom stereocenters. The predicted octanol–water partition coefficient (Wildman–Crippen LogP) is 10.7. The molecule has 0 aliphatic heterocycles. The van der Waals surface area contributed by atoms with Gasteiger partial charge in [-0.2, -0.15) is 0 Å². The van der Waals surface area contributed by atoms with E-state index in [2.05, 4.69) is 89.5 Å². The van der Waals surface area contributed by atoms with Crippen molar-refractivity contribution in [3.05, 3.63) is 43.6 Å². The fraction of sp³-hybridized carbons (Fsp3) is 0.571. The minimum Gasteiger partial charge on any atom is -0.139 e. The van der Waals surface area contributed by atoms with Crippen LogP contribution in [0.2, 0.25) is 0 Å². The molecule has 32 heavy (non-hydrogen) atoms.